The van der Waals surface area contributed by atoms with Crippen LogP contribution in [-0.4, -0.2) is 26.0 Å². The molecule has 124 valence electrons. The zero-order valence-corrected chi connectivity index (χ0v) is 12.7. The number of rotatable bonds is 3. The first-order chi connectivity index (χ1) is 10.5. The number of phenols is 1. The van der Waals surface area contributed by atoms with Crippen molar-refractivity contribution in [2.75, 3.05) is 6.26 Å². The molecule has 0 amide bonds. The molecule has 0 fully saturated rings. The number of hydrogen-bond donors (Lipinski definition) is 1. The Morgan fingerprint density at radius 3 is 2.22 bits per heavy atom. The molecule has 0 aromatic heterocycles. The smallest absolute Gasteiger partial charge is 0.393 e. The molecule has 0 unspecified atom stereocenters. The average molecular weight is 348 g/mol. The molecular weight excluding hydrogens is 336 g/mol. The lowest BCUT2D eigenvalue weighted by Crippen LogP contribution is -2.11. The van der Waals surface area contributed by atoms with E-state index in [9.17, 15) is 31.1 Å². The fourth-order valence-electron chi connectivity index (χ4n) is 2.09. The van der Waals surface area contributed by atoms with Crippen molar-refractivity contribution in [2.24, 2.45) is 0 Å². The Bertz CT molecular complexity index is 842. The molecule has 23 heavy (non-hydrogen) atoms. The van der Waals surface area contributed by atoms with E-state index in [2.05, 4.69) is 0 Å². The molecule has 2 aromatic rings. The number of phenolic OH excluding ortho intramolecular Hbond substituents is 1. The fraction of sp³-hybridized carbons (Fsp3) is 0.200. The van der Waals surface area contributed by atoms with Crippen LogP contribution in [0.15, 0.2) is 41.3 Å². The largest absolute Gasteiger partial charge is 0.507 e. The summed E-state index contributed by atoms with van der Waals surface area (Å²) in [5.74, 6) is -1.35. The van der Waals surface area contributed by atoms with Crippen LogP contribution in [0.1, 0.15) is 5.56 Å². The summed E-state index contributed by atoms with van der Waals surface area (Å²) in [5.41, 5.74) is -0.471. The third-order valence-corrected chi connectivity index (χ3v) is 4.23. The Kier molecular flexibility index (Phi) is 4.39. The maximum Gasteiger partial charge on any atom is 0.393 e. The molecule has 0 bridgehead atoms. The van der Waals surface area contributed by atoms with Crippen molar-refractivity contribution in [3.8, 4) is 16.9 Å². The summed E-state index contributed by atoms with van der Waals surface area (Å²) in [4.78, 5) is -0.160. The Morgan fingerprint density at radius 1 is 1.04 bits per heavy atom. The van der Waals surface area contributed by atoms with Crippen molar-refractivity contribution in [1.29, 1.82) is 0 Å². The summed E-state index contributed by atoms with van der Waals surface area (Å²) in [6.45, 7) is 0. The Hall–Kier alpha value is -2.09. The molecule has 2 aromatic carbocycles. The van der Waals surface area contributed by atoms with E-state index in [4.69, 9.17) is 0 Å². The van der Waals surface area contributed by atoms with Gasteiger partial charge in [-0.05, 0) is 29.8 Å². The van der Waals surface area contributed by atoms with Crippen molar-refractivity contribution in [3.05, 3.63) is 47.8 Å². The molecule has 1 N–H and O–H groups in total. The molecule has 0 atom stereocenters. The zero-order chi connectivity index (χ0) is 17.4. The predicted molar refractivity (Wildman–Crippen MR) is 76.4 cm³/mol. The zero-order valence-electron chi connectivity index (χ0n) is 11.9. The minimum atomic E-state index is -4.44. The first kappa shape index (κ1) is 17.3. The van der Waals surface area contributed by atoms with Crippen LogP contribution in [0.5, 0.6) is 5.75 Å². The highest BCUT2D eigenvalue weighted by Gasteiger charge is 2.28. The van der Waals surface area contributed by atoms with Gasteiger partial charge >= 0.3 is 6.18 Å². The van der Waals surface area contributed by atoms with E-state index in [1.807, 2.05) is 0 Å². The quantitative estimate of drug-likeness (QED) is 0.680. The van der Waals surface area contributed by atoms with Crippen LogP contribution in [-0.2, 0) is 16.3 Å². The minimum Gasteiger partial charge on any atom is -0.507 e. The first-order valence-electron chi connectivity index (χ1n) is 6.36. The highest BCUT2D eigenvalue weighted by molar-refractivity contribution is 7.90. The van der Waals surface area contributed by atoms with Crippen LogP contribution < -0.4 is 0 Å². The Labute approximate surface area is 130 Å². The highest BCUT2D eigenvalue weighted by atomic mass is 32.2. The van der Waals surface area contributed by atoms with Crippen LogP contribution in [0, 0.1) is 5.82 Å². The van der Waals surface area contributed by atoms with Crippen LogP contribution in [0.2, 0.25) is 0 Å². The van der Waals surface area contributed by atoms with Crippen molar-refractivity contribution >= 4 is 9.84 Å². The van der Waals surface area contributed by atoms with Gasteiger partial charge in [-0.2, -0.15) is 13.2 Å². The van der Waals surface area contributed by atoms with E-state index in [1.54, 1.807) is 0 Å². The standard InChI is InChI=1S/C15H12F4O3S/c1-23(21,22)10-3-5-13(16)12(7-10)11-4-2-9(6-14(11)20)8-15(17,18)19/h2-7,20H,8H2,1H3. The van der Waals surface area contributed by atoms with Gasteiger partial charge in [0.2, 0.25) is 0 Å². The molecule has 0 heterocycles. The molecule has 0 aliphatic carbocycles. The third kappa shape index (κ3) is 4.22. The molecule has 0 saturated carbocycles. The van der Waals surface area contributed by atoms with E-state index in [-0.39, 0.29) is 21.6 Å². The van der Waals surface area contributed by atoms with Crippen molar-refractivity contribution in [2.45, 2.75) is 17.5 Å². The molecule has 8 heteroatoms. The monoisotopic (exact) mass is 348 g/mol. The topological polar surface area (TPSA) is 54.4 Å². The predicted octanol–water partition coefficient (Wildman–Crippen LogP) is 3.71. The van der Waals surface area contributed by atoms with Crippen LogP contribution >= 0.6 is 0 Å². The molecule has 0 aliphatic rings. The lowest BCUT2D eigenvalue weighted by Gasteiger charge is -2.11. The second-order valence-electron chi connectivity index (χ2n) is 5.06. The highest BCUT2D eigenvalue weighted by Crippen LogP contribution is 2.34. The van der Waals surface area contributed by atoms with Gasteiger partial charge in [0, 0.05) is 17.4 Å². The molecule has 2 rings (SSSR count). The van der Waals surface area contributed by atoms with Gasteiger partial charge in [0.1, 0.15) is 11.6 Å². The van der Waals surface area contributed by atoms with Gasteiger partial charge in [0.05, 0.1) is 11.3 Å². The third-order valence-electron chi connectivity index (χ3n) is 3.12. The number of alkyl halides is 3. The van der Waals surface area contributed by atoms with E-state index < -0.39 is 34.0 Å². The fourth-order valence-corrected chi connectivity index (χ4v) is 2.73. The summed E-state index contributed by atoms with van der Waals surface area (Å²) in [6, 6.07) is 6.15. The summed E-state index contributed by atoms with van der Waals surface area (Å²) >= 11 is 0. The molecular formula is C15H12F4O3S. The van der Waals surface area contributed by atoms with Gasteiger partial charge in [0.15, 0.2) is 9.84 Å². The number of aromatic hydroxyl groups is 1. The number of halogens is 4. The van der Waals surface area contributed by atoms with Gasteiger partial charge in [-0.25, -0.2) is 12.8 Å². The van der Waals surface area contributed by atoms with Crippen molar-refractivity contribution < 1.29 is 31.1 Å². The first-order valence-corrected chi connectivity index (χ1v) is 8.25. The van der Waals surface area contributed by atoms with Gasteiger partial charge in [-0.15, -0.1) is 0 Å². The van der Waals surface area contributed by atoms with Crippen LogP contribution in [0.3, 0.4) is 0 Å². The summed E-state index contributed by atoms with van der Waals surface area (Å²) in [5, 5.41) is 9.88. The molecule has 3 nitrogen and oxygen atoms in total. The maximum atomic E-state index is 13.9. The van der Waals surface area contributed by atoms with Crippen LogP contribution in [0.25, 0.3) is 11.1 Å². The molecule has 0 aliphatic heterocycles. The Morgan fingerprint density at radius 2 is 1.70 bits per heavy atom. The summed E-state index contributed by atoms with van der Waals surface area (Å²) < 4.78 is 73.9. The molecule has 0 spiro atoms. The lowest BCUT2D eigenvalue weighted by atomic mass is 10.0. The van der Waals surface area contributed by atoms with Gasteiger partial charge in [0.25, 0.3) is 0 Å². The van der Waals surface area contributed by atoms with E-state index in [1.165, 1.54) is 0 Å². The summed E-state index contributed by atoms with van der Waals surface area (Å²) in [7, 11) is -3.59. The Balaban J connectivity index is 2.51. The number of benzene rings is 2. The second-order valence-corrected chi connectivity index (χ2v) is 7.07. The van der Waals surface area contributed by atoms with Gasteiger partial charge in [-0.1, -0.05) is 12.1 Å². The second kappa shape index (κ2) is 5.84. The number of hydrogen-bond acceptors (Lipinski definition) is 3. The molecule has 0 saturated heterocycles. The van der Waals surface area contributed by atoms with E-state index in [0.717, 1.165) is 42.7 Å². The normalized spacial score (nSPS) is 12.4. The van der Waals surface area contributed by atoms with E-state index in [0.29, 0.717) is 0 Å². The van der Waals surface area contributed by atoms with Crippen molar-refractivity contribution in [3.63, 3.8) is 0 Å². The van der Waals surface area contributed by atoms with Gasteiger partial charge in [-0.3, -0.25) is 0 Å². The minimum absolute atomic E-state index is 0.0843. The molecule has 0 radical (unpaired) electrons. The number of sulfone groups is 1. The SMILES string of the molecule is CS(=O)(=O)c1ccc(F)c(-c2ccc(CC(F)(F)F)cc2O)c1. The summed E-state index contributed by atoms with van der Waals surface area (Å²) in [6.07, 6.45) is -4.72. The lowest BCUT2D eigenvalue weighted by molar-refractivity contribution is -0.127. The van der Waals surface area contributed by atoms with Gasteiger partial charge < -0.3 is 5.11 Å². The van der Waals surface area contributed by atoms with E-state index >= 15 is 0 Å². The average Bonchev–Trinajstić information content (AvgIpc) is 2.37. The van der Waals surface area contributed by atoms with Crippen LogP contribution in [0.4, 0.5) is 17.6 Å². The van der Waals surface area contributed by atoms with Crippen molar-refractivity contribution in [1.82, 2.24) is 0 Å². The maximum absolute atomic E-state index is 13.9.